The number of carbonyl (C=O) groups is 1. The van der Waals surface area contributed by atoms with Crippen molar-refractivity contribution in [3.8, 4) is 5.75 Å². The van der Waals surface area contributed by atoms with Crippen LogP contribution in [0.25, 0.3) is 11.2 Å². The minimum absolute atomic E-state index is 0.171. The Morgan fingerprint density at radius 3 is 2.61 bits per heavy atom. The van der Waals surface area contributed by atoms with E-state index in [0.717, 1.165) is 21.4 Å². The molecule has 0 aliphatic heterocycles. The molecular weight excluding hydrogens is 360 g/mol. The first-order chi connectivity index (χ1) is 11.1. The molecule has 3 rings (SSSR count). The number of anilines is 1. The summed E-state index contributed by atoms with van der Waals surface area (Å²) in [5, 5.41) is 2.76. The molecule has 0 saturated carbocycles. The molecule has 0 spiro atoms. The van der Waals surface area contributed by atoms with Crippen molar-refractivity contribution < 1.29 is 9.53 Å². The van der Waals surface area contributed by atoms with E-state index >= 15 is 0 Å². The standard InChI is InChI=1S/C16H15BrN4O2/c1-10(22)18-16-19-13-7-8-14(17)20-15(13)21(16)9-11-3-5-12(23-2)6-4-11/h3-8H,9H2,1-2H3,(H,18,19,22). The Hall–Kier alpha value is -2.41. The van der Waals surface area contributed by atoms with Gasteiger partial charge in [0.05, 0.1) is 13.7 Å². The molecule has 23 heavy (non-hydrogen) atoms. The zero-order valence-electron chi connectivity index (χ0n) is 12.7. The van der Waals surface area contributed by atoms with Crippen molar-refractivity contribution in [2.75, 3.05) is 12.4 Å². The average molecular weight is 375 g/mol. The van der Waals surface area contributed by atoms with E-state index in [1.54, 1.807) is 7.11 Å². The molecule has 0 aliphatic rings. The number of fused-ring (bicyclic) bond motifs is 1. The first-order valence-corrected chi connectivity index (χ1v) is 7.79. The highest BCUT2D eigenvalue weighted by atomic mass is 79.9. The van der Waals surface area contributed by atoms with E-state index in [1.165, 1.54) is 6.92 Å². The van der Waals surface area contributed by atoms with Crippen molar-refractivity contribution in [3.63, 3.8) is 0 Å². The zero-order chi connectivity index (χ0) is 16.4. The van der Waals surface area contributed by atoms with Crippen LogP contribution in [0.1, 0.15) is 12.5 Å². The van der Waals surface area contributed by atoms with Crippen LogP contribution in [-0.2, 0) is 11.3 Å². The molecule has 2 aromatic heterocycles. The normalized spacial score (nSPS) is 10.7. The summed E-state index contributed by atoms with van der Waals surface area (Å²) >= 11 is 3.37. The summed E-state index contributed by atoms with van der Waals surface area (Å²) in [7, 11) is 1.63. The van der Waals surface area contributed by atoms with Gasteiger partial charge in [0.2, 0.25) is 11.9 Å². The van der Waals surface area contributed by atoms with Crippen LogP contribution in [0.3, 0.4) is 0 Å². The lowest BCUT2D eigenvalue weighted by Crippen LogP contribution is -2.13. The van der Waals surface area contributed by atoms with Crippen molar-refractivity contribution >= 4 is 38.9 Å². The van der Waals surface area contributed by atoms with Gasteiger partial charge in [0, 0.05) is 6.92 Å². The first-order valence-electron chi connectivity index (χ1n) is 7.00. The number of benzene rings is 1. The van der Waals surface area contributed by atoms with Crippen molar-refractivity contribution in [3.05, 3.63) is 46.6 Å². The van der Waals surface area contributed by atoms with Crippen LogP contribution < -0.4 is 10.1 Å². The molecule has 118 valence electrons. The molecule has 0 radical (unpaired) electrons. The Balaban J connectivity index is 2.05. The number of ether oxygens (including phenoxy) is 1. The van der Waals surface area contributed by atoms with E-state index in [4.69, 9.17) is 4.74 Å². The minimum atomic E-state index is -0.171. The molecule has 0 saturated heterocycles. The van der Waals surface area contributed by atoms with E-state index in [-0.39, 0.29) is 5.91 Å². The van der Waals surface area contributed by atoms with Gasteiger partial charge in [-0.05, 0) is 45.8 Å². The van der Waals surface area contributed by atoms with Gasteiger partial charge < -0.3 is 4.74 Å². The lowest BCUT2D eigenvalue weighted by Gasteiger charge is -2.09. The lowest BCUT2D eigenvalue weighted by atomic mass is 10.2. The number of hydrogen-bond acceptors (Lipinski definition) is 4. The highest BCUT2D eigenvalue weighted by molar-refractivity contribution is 9.10. The van der Waals surface area contributed by atoms with Gasteiger partial charge in [-0.3, -0.25) is 14.7 Å². The summed E-state index contributed by atoms with van der Waals surface area (Å²) < 4.78 is 7.77. The van der Waals surface area contributed by atoms with Crippen LogP contribution in [0.4, 0.5) is 5.95 Å². The predicted octanol–water partition coefficient (Wildman–Crippen LogP) is 3.21. The van der Waals surface area contributed by atoms with E-state index in [1.807, 2.05) is 41.0 Å². The van der Waals surface area contributed by atoms with Crippen LogP contribution in [-0.4, -0.2) is 27.6 Å². The molecule has 6 nitrogen and oxygen atoms in total. The average Bonchev–Trinajstić information content (AvgIpc) is 2.84. The highest BCUT2D eigenvalue weighted by Crippen LogP contribution is 2.22. The Kier molecular flexibility index (Phi) is 4.29. The van der Waals surface area contributed by atoms with Gasteiger partial charge in [-0.1, -0.05) is 12.1 Å². The smallest absolute Gasteiger partial charge is 0.223 e. The molecule has 3 aromatic rings. The number of carbonyl (C=O) groups excluding carboxylic acids is 1. The van der Waals surface area contributed by atoms with Gasteiger partial charge in [0.25, 0.3) is 0 Å². The Bertz CT molecular complexity index is 858. The summed E-state index contributed by atoms with van der Waals surface area (Å²) in [6.07, 6.45) is 0. The fourth-order valence-corrected chi connectivity index (χ4v) is 2.59. The Labute approximate surface area is 141 Å². The number of aromatic nitrogens is 3. The summed E-state index contributed by atoms with van der Waals surface area (Å²) in [5.74, 6) is 1.11. The molecule has 7 heteroatoms. The number of amides is 1. The summed E-state index contributed by atoms with van der Waals surface area (Å²) in [4.78, 5) is 20.4. The zero-order valence-corrected chi connectivity index (χ0v) is 14.3. The summed E-state index contributed by atoms with van der Waals surface area (Å²) in [6, 6.07) is 11.4. The number of nitrogens with zero attached hydrogens (tertiary/aromatic N) is 3. The number of hydrogen-bond donors (Lipinski definition) is 1. The Morgan fingerprint density at radius 2 is 1.96 bits per heavy atom. The number of rotatable bonds is 4. The van der Waals surface area contributed by atoms with E-state index in [2.05, 4.69) is 31.2 Å². The van der Waals surface area contributed by atoms with E-state index in [9.17, 15) is 4.79 Å². The molecule has 0 bridgehead atoms. The van der Waals surface area contributed by atoms with Gasteiger partial charge in [-0.2, -0.15) is 0 Å². The van der Waals surface area contributed by atoms with Gasteiger partial charge in [0.1, 0.15) is 15.9 Å². The lowest BCUT2D eigenvalue weighted by molar-refractivity contribution is -0.114. The predicted molar refractivity (Wildman–Crippen MR) is 91.6 cm³/mol. The summed E-state index contributed by atoms with van der Waals surface area (Å²) in [5.41, 5.74) is 2.49. The second-order valence-corrected chi connectivity index (χ2v) is 5.84. The van der Waals surface area contributed by atoms with Crippen molar-refractivity contribution in [1.82, 2.24) is 14.5 Å². The maximum absolute atomic E-state index is 11.4. The third-order valence-corrected chi connectivity index (χ3v) is 3.79. The Morgan fingerprint density at radius 1 is 1.22 bits per heavy atom. The molecule has 2 heterocycles. The van der Waals surface area contributed by atoms with Crippen molar-refractivity contribution in [2.45, 2.75) is 13.5 Å². The monoisotopic (exact) mass is 374 g/mol. The van der Waals surface area contributed by atoms with Gasteiger partial charge >= 0.3 is 0 Å². The maximum atomic E-state index is 11.4. The third-order valence-electron chi connectivity index (χ3n) is 3.35. The fraction of sp³-hybridized carbons (Fsp3) is 0.188. The quantitative estimate of drug-likeness (QED) is 0.711. The number of methoxy groups -OCH3 is 1. The number of pyridine rings is 1. The van der Waals surface area contributed by atoms with Crippen molar-refractivity contribution in [1.29, 1.82) is 0 Å². The van der Waals surface area contributed by atoms with Crippen LogP contribution in [0.15, 0.2) is 41.0 Å². The topological polar surface area (TPSA) is 69.0 Å². The fourth-order valence-electron chi connectivity index (χ4n) is 2.29. The minimum Gasteiger partial charge on any atom is -0.497 e. The maximum Gasteiger partial charge on any atom is 0.223 e. The number of halogens is 1. The summed E-state index contributed by atoms with van der Waals surface area (Å²) in [6.45, 7) is 2.00. The molecule has 0 fully saturated rings. The first kappa shape index (κ1) is 15.5. The molecule has 0 atom stereocenters. The SMILES string of the molecule is COc1ccc(Cn2c(NC(C)=O)nc3ccc(Br)nc32)cc1. The molecule has 1 N–H and O–H groups in total. The van der Waals surface area contributed by atoms with Gasteiger partial charge in [0.15, 0.2) is 5.65 Å². The van der Waals surface area contributed by atoms with E-state index in [0.29, 0.717) is 18.1 Å². The third kappa shape index (κ3) is 3.34. The highest BCUT2D eigenvalue weighted by Gasteiger charge is 2.14. The van der Waals surface area contributed by atoms with Crippen LogP contribution in [0.5, 0.6) is 5.75 Å². The largest absolute Gasteiger partial charge is 0.497 e. The molecule has 1 aromatic carbocycles. The number of nitrogens with one attached hydrogen (secondary N) is 1. The van der Waals surface area contributed by atoms with Crippen LogP contribution >= 0.6 is 15.9 Å². The molecule has 1 amide bonds. The molecular formula is C16H15BrN4O2. The van der Waals surface area contributed by atoms with Crippen molar-refractivity contribution in [2.24, 2.45) is 0 Å². The van der Waals surface area contributed by atoms with Gasteiger partial charge in [-0.25, -0.2) is 9.97 Å². The second kappa shape index (κ2) is 6.37. The van der Waals surface area contributed by atoms with Crippen LogP contribution in [0.2, 0.25) is 0 Å². The molecule has 0 unspecified atom stereocenters. The number of imidazole rings is 1. The second-order valence-electron chi connectivity index (χ2n) is 5.03. The van der Waals surface area contributed by atoms with E-state index < -0.39 is 0 Å². The van der Waals surface area contributed by atoms with Gasteiger partial charge in [-0.15, -0.1) is 0 Å². The molecule has 0 aliphatic carbocycles. The van der Waals surface area contributed by atoms with Crippen LogP contribution in [0, 0.1) is 0 Å².